The summed E-state index contributed by atoms with van der Waals surface area (Å²) in [6.45, 7) is 4.69. The molecule has 2 heterocycles. The van der Waals surface area contributed by atoms with E-state index in [0.717, 1.165) is 24.2 Å². The van der Waals surface area contributed by atoms with Gasteiger partial charge in [0.15, 0.2) is 0 Å². The average Bonchev–Trinajstić information content (AvgIpc) is 2.57. The molecule has 0 saturated carbocycles. The Kier molecular flexibility index (Phi) is 4.57. The molecule has 0 radical (unpaired) electrons. The summed E-state index contributed by atoms with van der Waals surface area (Å²) in [5, 5.41) is 3.48. The SMILES string of the molecule is CCSCC(C)N1C2CCC1CC(NC)C2. The van der Waals surface area contributed by atoms with Gasteiger partial charge in [0.05, 0.1) is 0 Å². The summed E-state index contributed by atoms with van der Waals surface area (Å²) in [5.74, 6) is 2.57. The van der Waals surface area contributed by atoms with Gasteiger partial charge in [-0.1, -0.05) is 6.92 Å². The van der Waals surface area contributed by atoms with Crippen molar-refractivity contribution in [1.29, 1.82) is 0 Å². The van der Waals surface area contributed by atoms with Crippen LogP contribution < -0.4 is 5.32 Å². The Hall–Kier alpha value is 0.270. The summed E-state index contributed by atoms with van der Waals surface area (Å²) >= 11 is 2.09. The molecular weight excluding hydrogens is 216 g/mol. The highest BCUT2D eigenvalue weighted by atomic mass is 32.2. The molecule has 0 aromatic heterocycles. The predicted octanol–water partition coefficient (Wildman–Crippen LogP) is 2.34. The number of nitrogens with one attached hydrogen (secondary N) is 1. The number of rotatable bonds is 5. The molecule has 3 heteroatoms. The van der Waals surface area contributed by atoms with Gasteiger partial charge in [-0.15, -0.1) is 0 Å². The summed E-state index contributed by atoms with van der Waals surface area (Å²) in [4.78, 5) is 2.83. The zero-order valence-corrected chi connectivity index (χ0v) is 11.7. The predicted molar refractivity (Wildman–Crippen MR) is 73.2 cm³/mol. The van der Waals surface area contributed by atoms with Gasteiger partial charge in [0.25, 0.3) is 0 Å². The molecule has 0 amide bonds. The van der Waals surface area contributed by atoms with E-state index in [2.05, 4.69) is 42.9 Å². The molecule has 0 aliphatic carbocycles. The number of thioether (sulfide) groups is 1. The Balaban J connectivity index is 1.92. The molecule has 2 rings (SSSR count). The topological polar surface area (TPSA) is 15.3 Å². The monoisotopic (exact) mass is 242 g/mol. The van der Waals surface area contributed by atoms with Gasteiger partial charge in [-0.2, -0.15) is 11.8 Å². The van der Waals surface area contributed by atoms with Crippen LogP contribution in [0.15, 0.2) is 0 Å². The van der Waals surface area contributed by atoms with Gasteiger partial charge in [-0.05, 0) is 45.4 Å². The van der Waals surface area contributed by atoms with Gasteiger partial charge < -0.3 is 5.32 Å². The molecule has 16 heavy (non-hydrogen) atoms. The van der Waals surface area contributed by atoms with Gasteiger partial charge in [-0.25, -0.2) is 0 Å². The first-order chi connectivity index (χ1) is 7.76. The fourth-order valence-corrected chi connectivity index (χ4v) is 4.29. The van der Waals surface area contributed by atoms with Crippen LogP contribution in [0, 0.1) is 0 Å². The molecule has 3 unspecified atom stereocenters. The molecule has 0 spiro atoms. The first-order valence-corrected chi connectivity index (χ1v) is 7.94. The van der Waals surface area contributed by atoms with Crippen molar-refractivity contribution in [2.45, 2.75) is 63.7 Å². The molecule has 2 aliphatic heterocycles. The maximum atomic E-state index is 3.48. The van der Waals surface area contributed by atoms with Crippen LogP contribution in [0.3, 0.4) is 0 Å². The van der Waals surface area contributed by atoms with Crippen molar-refractivity contribution in [3.8, 4) is 0 Å². The van der Waals surface area contributed by atoms with Crippen molar-refractivity contribution in [1.82, 2.24) is 10.2 Å². The van der Waals surface area contributed by atoms with Crippen LogP contribution in [-0.4, -0.2) is 47.6 Å². The third-order valence-electron chi connectivity index (χ3n) is 4.27. The number of nitrogens with zero attached hydrogens (tertiary/aromatic N) is 1. The average molecular weight is 242 g/mol. The van der Waals surface area contributed by atoms with Crippen molar-refractivity contribution in [3.63, 3.8) is 0 Å². The van der Waals surface area contributed by atoms with Crippen LogP contribution in [0.1, 0.15) is 39.5 Å². The second kappa shape index (κ2) is 5.74. The fraction of sp³-hybridized carbons (Fsp3) is 1.00. The highest BCUT2D eigenvalue weighted by Gasteiger charge is 2.41. The van der Waals surface area contributed by atoms with E-state index in [9.17, 15) is 0 Å². The minimum Gasteiger partial charge on any atom is -0.317 e. The summed E-state index contributed by atoms with van der Waals surface area (Å²) in [7, 11) is 2.12. The van der Waals surface area contributed by atoms with Gasteiger partial charge in [-0.3, -0.25) is 4.90 Å². The van der Waals surface area contributed by atoms with Gasteiger partial charge in [0, 0.05) is 29.9 Å². The van der Waals surface area contributed by atoms with Crippen molar-refractivity contribution >= 4 is 11.8 Å². The van der Waals surface area contributed by atoms with E-state index in [1.165, 1.54) is 37.2 Å². The lowest BCUT2D eigenvalue weighted by atomic mass is 9.96. The van der Waals surface area contributed by atoms with E-state index in [1.54, 1.807) is 0 Å². The van der Waals surface area contributed by atoms with Crippen LogP contribution in [0.25, 0.3) is 0 Å². The smallest absolute Gasteiger partial charge is 0.0163 e. The molecule has 0 aromatic rings. The molecule has 0 aromatic carbocycles. The van der Waals surface area contributed by atoms with E-state index < -0.39 is 0 Å². The molecule has 2 nitrogen and oxygen atoms in total. The summed E-state index contributed by atoms with van der Waals surface area (Å²) in [6, 6.07) is 3.28. The zero-order chi connectivity index (χ0) is 11.5. The fourth-order valence-electron chi connectivity index (χ4n) is 3.54. The number of fused-ring (bicyclic) bond motifs is 2. The lowest BCUT2D eigenvalue weighted by molar-refractivity contribution is 0.0889. The first-order valence-electron chi connectivity index (χ1n) is 6.78. The Morgan fingerprint density at radius 2 is 1.94 bits per heavy atom. The molecule has 2 bridgehead atoms. The number of hydrogen-bond acceptors (Lipinski definition) is 3. The first kappa shape index (κ1) is 12.7. The van der Waals surface area contributed by atoms with E-state index in [1.807, 2.05) is 0 Å². The second-order valence-electron chi connectivity index (χ2n) is 5.30. The van der Waals surface area contributed by atoms with E-state index in [0.29, 0.717) is 0 Å². The lowest BCUT2D eigenvalue weighted by Gasteiger charge is -2.42. The molecule has 3 atom stereocenters. The van der Waals surface area contributed by atoms with Crippen molar-refractivity contribution in [2.75, 3.05) is 18.6 Å². The summed E-state index contributed by atoms with van der Waals surface area (Å²) in [6.07, 6.45) is 5.61. The minimum atomic E-state index is 0.778. The van der Waals surface area contributed by atoms with Gasteiger partial charge in [0.2, 0.25) is 0 Å². The third-order valence-corrected chi connectivity index (χ3v) is 5.40. The molecule has 94 valence electrons. The van der Waals surface area contributed by atoms with E-state index in [4.69, 9.17) is 0 Å². The minimum absolute atomic E-state index is 0.778. The summed E-state index contributed by atoms with van der Waals surface area (Å²) < 4.78 is 0. The van der Waals surface area contributed by atoms with Crippen LogP contribution in [0.4, 0.5) is 0 Å². The maximum Gasteiger partial charge on any atom is 0.0163 e. The standard InChI is InChI=1S/C13H26N2S/c1-4-16-9-10(2)15-12-5-6-13(15)8-11(7-12)14-3/h10-14H,4-9H2,1-3H3. The Morgan fingerprint density at radius 3 is 2.44 bits per heavy atom. The van der Waals surface area contributed by atoms with Crippen LogP contribution in [-0.2, 0) is 0 Å². The van der Waals surface area contributed by atoms with Crippen molar-refractivity contribution < 1.29 is 0 Å². The van der Waals surface area contributed by atoms with Crippen molar-refractivity contribution in [3.05, 3.63) is 0 Å². The molecule has 2 aliphatic rings. The van der Waals surface area contributed by atoms with E-state index in [-0.39, 0.29) is 0 Å². The third kappa shape index (κ3) is 2.57. The Morgan fingerprint density at radius 1 is 1.31 bits per heavy atom. The highest BCUT2D eigenvalue weighted by Crippen LogP contribution is 2.37. The maximum absolute atomic E-state index is 3.48. The Labute approximate surface area is 105 Å². The lowest BCUT2D eigenvalue weighted by Crippen LogP contribution is -2.52. The highest BCUT2D eigenvalue weighted by molar-refractivity contribution is 7.99. The number of piperidine rings is 1. The molecule has 2 fully saturated rings. The van der Waals surface area contributed by atoms with Crippen molar-refractivity contribution in [2.24, 2.45) is 0 Å². The normalized spacial score (nSPS) is 36.6. The zero-order valence-electron chi connectivity index (χ0n) is 10.9. The number of hydrogen-bond donors (Lipinski definition) is 1. The second-order valence-corrected chi connectivity index (χ2v) is 6.62. The quantitative estimate of drug-likeness (QED) is 0.797. The molecule has 1 N–H and O–H groups in total. The van der Waals surface area contributed by atoms with Gasteiger partial charge >= 0.3 is 0 Å². The molecule has 2 saturated heterocycles. The van der Waals surface area contributed by atoms with Crippen LogP contribution >= 0.6 is 11.8 Å². The Bertz CT molecular complexity index is 208. The summed E-state index contributed by atoms with van der Waals surface area (Å²) in [5.41, 5.74) is 0. The van der Waals surface area contributed by atoms with E-state index >= 15 is 0 Å². The van der Waals surface area contributed by atoms with Crippen LogP contribution in [0.2, 0.25) is 0 Å². The van der Waals surface area contributed by atoms with Crippen LogP contribution in [0.5, 0.6) is 0 Å². The van der Waals surface area contributed by atoms with Gasteiger partial charge in [0.1, 0.15) is 0 Å². The largest absolute Gasteiger partial charge is 0.317 e. The molecular formula is C13H26N2S.